The number of Topliss-reactive ketones (excluding diaryl/α,β-unsaturated/α-hetero) is 5. The highest BCUT2D eigenvalue weighted by Gasteiger charge is 2.44. The lowest BCUT2D eigenvalue weighted by molar-refractivity contribution is -0.145. The van der Waals surface area contributed by atoms with Crippen molar-refractivity contribution in [1.82, 2.24) is 47.1 Å². The van der Waals surface area contributed by atoms with Gasteiger partial charge in [-0.15, -0.1) is 11.8 Å². The molecule has 26 nitrogen and oxygen atoms in total. The summed E-state index contributed by atoms with van der Waals surface area (Å²) in [6.07, 6.45) is -2.33. The summed E-state index contributed by atoms with van der Waals surface area (Å²) < 4.78 is 5.54. The van der Waals surface area contributed by atoms with Crippen LogP contribution in [0.5, 0.6) is 0 Å². The highest BCUT2D eigenvalue weighted by molar-refractivity contribution is 7.99. The zero-order valence-electron chi connectivity index (χ0n) is 52.2. The molecule has 1 aromatic heterocycles. The third-order valence-corrected chi connectivity index (χ3v) is 17.9. The van der Waals surface area contributed by atoms with E-state index in [2.05, 4.69) is 42.2 Å². The molecule has 6 rings (SSSR count). The smallest absolute Gasteiger partial charge is 0.243 e. The number of thioether (sulfide) groups is 1. The number of nitrogens with zero attached hydrogens (tertiary/aromatic N) is 1. The van der Waals surface area contributed by atoms with Crippen LogP contribution in [0.25, 0.3) is 10.9 Å². The van der Waals surface area contributed by atoms with Gasteiger partial charge in [0.1, 0.15) is 31.2 Å². The predicted octanol–water partition coefficient (Wildman–Crippen LogP) is 1.02. The van der Waals surface area contributed by atoms with Gasteiger partial charge in [-0.05, 0) is 59.9 Å². The minimum atomic E-state index is -1.48. The van der Waals surface area contributed by atoms with Gasteiger partial charge in [-0.2, -0.15) is 0 Å². The fourth-order valence-corrected chi connectivity index (χ4v) is 12.4. The normalized spacial score (nSPS) is 22.6. The molecule has 9 amide bonds. The monoisotopic (exact) mass is 1280 g/mol. The second-order valence-corrected chi connectivity index (χ2v) is 24.9. The number of ketones is 5. The molecule has 2 unspecified atom stereocenters. The Balaban J connectivity index is 1.28. The summed E-state index contributed by atoms with van der Waals surface area (Å²) >= 11 is 1.03. The van der Waals surface area contributed by atoms with E-state index in [1.165, 1.54) is 0 Å². The maximum atomic E-state index is 14.9. The third-order valence-electron chi connectivity index (χ3n) is 16.7. The van der Waals surface area contributed by atoms with Crippen LogP contribution in [-0.2, 0) is 91.1 Å². The number of amides is 9. The van der Waals surface area contributed by atoms with Crippen LogP contribution in [0.1, 0.15) is 128 Å². The second kappa shape index (κ2) is 34.9. The maximum absolute atomic E-state index is 14.9. The molecule has 91 heavy (non-hydrogen) atoms. The van der Waals surface area contributed by atoms with Gasteiger partial charge < -0.3 is 62.7 Å². The van der Waals surface area contributed by atoms with Gasteiger partial charge in [0.25, 0.3) is 0 Å². The first-order valence-corrected chi connectivity index (χ1v) is 32.1. The molecule has 1 fully saturated rings. The molecule has 4 heterocycles. The SMILES string of the molecule is CCCC(=O)CCC(=O)NC(Cc1ccccc1)C(=O)CCC(=O)NCOCC(=O)Cc1ccc2[nH]c3c(c2c1)C[C@@H]1CC(=O)[C@H](C(C)CC)NC(=O)[C@@H]2C[C@@H](O)CN2C(=O)[C@H](CC(N)=O)CC(=O)[C@H](CS3)NC(=O)CNC(=O)[C@@H]([C@@H](C)CC)NC(=O)CNC1=O. The highest BCUT2D eigenvalue weighted by Crippen LogP contribution is 2.35. The van der Waals surface area contributed by atoms with Crippen molar-refractivity contribution in [2.45, 2.75) is 172 Å². The van der Waals surface area contributed by atoms with Crippen molar-refractivity contribution in [3.63, 3.8) is 0 Å². The van der Waals surface area contributed by atoms with E-state index in [0.29, 0.717) is 52.7 Å². The lowest BCUT2D eigenvalue weighted by Gasteiger charge is -2.31. The van der Waals surface area contributed by atoms with Gasteiger partial charge in [-0.1, -0.05) is 83.9 Å². The number of aliphatic hydroxyl groups is 1. The first-order valence-electron chi connectivity index (χ1n) is 31.1. The summed E-state index contributed by atoms with van der Waals surface area (Å²) in [5.74, 6) is -13.0. The van der Waals surface area contributed by atoms with Crippen molar-refractivity contribution < 1.29 is 77.0 Å². The number of benzene rings is 2. The van der Waals surface area contributed by atoms with E-state index in [0.717, 1.165) is 22.2 Å². The molecule has 494 valence electrons. The van der Waals surface area contributed by atoms with E-state index in [1.54, 1.807) is 70.2 Å². The average Bonchev–Trinajstić information content (AvgIpc) is 1.68. The van der Waals surface area contributed by atoms with Crippen LogP contribution in [-0.4, -0.2) is 172 Å². The molecule has 2 aromatic carbocycles. The lowest BCUT2D eigenvalue weighted by Crippen LogP contribution is -2.55. The number of aliphatic hydroxyl groups excluding tert-OH is 1. The molecule has 3 aliphatic heterocycles. The molecule has 3 aromatic rings. The molecule has 0 spiro atoms. The fourth-order valence-electron chi connectivity index (χ4n) is 11.3. The van der Waals surface area contributed by atoms with Crippen molar-refractivity contribution in [3.8, 4) is 0 Å². The summed E-state index contributed by atoms with van der Waals surface area (Å²) in [6, 6.07) is 7.84. The predicted molar refractivity (Wildman–Crippen MR) is 333 cm³/mol. The lowest BCUT2D eigenvalue weighted by atomic mass is 9.86. The van der Waals surface area contributed by atoms with E-state index >= 15 is 0 Å². The number of carbonyl (C=O) groups excluding carboxylic acids is 14. The van der Waals surface area contributed by atoms with Crippen molar-refractivity contribution in [2.75, 3.05) is 38.7 Å². The average molecular weight is 1280 g/mol. The fraction of sp³-hybridized carbons (Fsp3) is 0.562. The number of ether oxygens (including phenoxy) is 1. The van der Waals surface area contributed by atoms with Crippen molar-refractivity contribution >= 4 is 105 Å². The largest absolute Gasteiger partial charge is 0.391 e. The van der Waals surface area contributed by atoms with Gasteiger partial charge in [-0.3, -0.25) is 67.1 Å². The van der Waals surface area contributed by atoms with Crippen LogP contribution < -0.4 is 43.0 Å². The number of H-pyrrole nitrogens is 1. The van der Waals surface area contributed by atoms with Gasteiger partial charge in [0, 0.05) is 93.3 Å². The van der Waals surface area contributed by atoms with Crippen LogP contribution in [0.3, 0.4) is 0 Å². The van der Waals surface area contributed by atoms with Crippen LogP contribution in [0.4, 0.5) is 0 Å². The van der Waals surface area contributed by atoms with E-state index in [9.17, 15) is 72.2 Å². The quantitative estimate of drug-likeness (QED) is 0.0442. The summed E-state index contributed by atoms with van der Waals surface area (Å²) in [4.78, 5) is 196. The summed E-state index contributed by atoms with van der Waals surface area (Å²) in [6.45, 7) is 6.33. The van der Waals surface area contributed by atoms with Gasteiger partial charge >= 0.3 is 0 Å². The number of aromatic nitrogens is 1. The Bertz CT molecular complexity index is 3190. The molecule has 27 heteroatoms. The van der Waals surface area contributed by atoms with E-state index in [1.807, 2.05) is 13.0 Å². The van der Waals surface area contributed by atoms with E-state index in [-0.39, 0.29) is 76.2 Å². The molecule has 2 bridgehead atoms. The number of nitrogens with two attached hydrogens (primary N) is 1. The number of hydrogen-bond donors (Lipinski definition) is 10. The molecule has 3 aliphatic rings. The van der Waals surface area contributed by atoms with Crippen molar-refractivity contribution in [3.05, 3.63) is 65.2 Å². The van der Waals surface area contributed by atoms with Crippen LogP contribution in [0.15, 0.2) is 53.6 Å². The third kappa shape index (κ3) is 21.5. The number of hydrogen-bond acceptors (Lipinski definition) is 17. The Hall–Kier alpha value is -8.17. The minimum Gasteiger partial charge on any atom is -0.391 e. The van der Waals surface area contributed by atoms with E-state index < -0.39 is 175 Å². The first-order chi connectivity index (χ1) is 43.4. The highest BCUT2D eigenvalue weighted by atomic mass is 32.2. The Morgan fingerprint density at radius 1 is 0.736 bits per heavy atom. The Morgan fingerprint density at radius 2 is 1.42 bits per heavy atom. The number of fused-ring (bicyclic) bond motifs is 5. The van der Waals surface area contributed by atoms with E-state index in [4.69, 9.17) is 10.5 Å². The Labute approximate surface area is 532 Å². The number of primary amides is 1. The van der Waals surface area contributed by atoms with Crippen molar-refractivity contribution in [1.29, 1.82) is 0 Å². The molecular weight excluding hydrogens is 1200 g/mol. The van der Waals surface area contributed by atoms with Gasteiger partial charge in [0.05, 0.1) is 48.3 Å². The van der Waals surface area contributed by atoms with Crippen LogP contribution in [0, 0.1) is 23.7 Å². The zero-order chi connectivity index (χ0) is 66.5. The molecule has 0 aliphatic carbocycles. The molecule has 10 atom stereocenters. The number of rotatable bonds is 24. The van der Waals surface area contributed by atoms with Crippen LogP contribution >= 0.6 is 11.8 Å². The summed E-state index contributed by atoms with van der Waals surface area (Å²) in [7, 11) is 0. The minimum absolute atomic E-state index is 0.0469. The summed E-state index contributed by atoms with van der Waals surface area (Å²) in [5, 5.41) is 30.2. The molecular formula is C64H86N10O16S. The number of nitrogens with one attached hydrogen (secondary N) is 8. The van der Waals surface area contributed by atoms with Crippen LogP contribution in [0.2, 0.25) is 0 Å². The standard InChI is InChI=1S/C64H86N10O16S/c1-6-12-41(75)16-19-55(83)69-47(23-37-13-10-9-11-14-37)50(78)18-20-54(82)68-34-90-32-43(77)21-38-15-17-46-44(22-38)45-24-39-25-52(80)58(35(4)7-2)73-61(87)49-28-42(76)31-74(49)64(89)40(27-53(65)81)26-51(79)48(33-91-63(45)71-46)70-56(84)29-67-62(88)59(36(5)8-3)72-57(85)30-66-60(39)86/h9-11,13-15,17,22,35-36,39-40,42,47-49,58-59,71,76H,6-8,12,16,18-21,23-34H2,1-5H3,(H2,65,81)(H,66,86)(H,67,88)(H,68,82)(H,69,83)(H,70,84)(H,72,85)(H,73,87)/t35?,36-,39+,40-,42+,47?,48-,49-,58-,59+/m0/s1. The molecule has 1 saturated heterocycles. The second-order valence-electron chi connectivity index (χ2n) is 23.9. The van der Waals surface area contributed by atoms with Gasteiger partial charge in [0.2, 0.25) is 53.2 Å². The molecule has 11 N–H and O–H groups in total. The Kier molecular flexibility index (Phi) is 27.5. The van der Waals surface area contributed by atoms with Gasteiger partial charge in [0.15, 0.2) is 23.1 Å². The first kappa shape index (κ1) is 71.9. The Morgan fingerprint density at radius 3 is 2.11 bits per heavy atom. The number of aromatic amines is 1. The van der Waals surface area contributed by atoms with Crippen molar-refractivity contribution in [2.24, 2.45) is 29.4 Å². The zero-order valence-corrected chi connectivity index (χ0v) is 53.1. The maximum Gasteiger partial charge on any atom is 0.243 e. The van der Waals surface area contributed by atoms with Gasteiger partial charge in [-0.25, -0.2) is 0 Å². The molecule has 0 saturated carbocycles. The molecule has 0 radical (unpaired) electrons. The number of carbonyl (C=O) groups is 14. The summed E-state index contributed by atoms with van der Waals surface area (Å²) in [5.41, 5.74) is 7.80. The topological polar surface area (TPSA) is 398 Å².